The lowest BCUT2D eigenvalue weighted by atomic mass is 10.2. The predicted octanol–water partition coefficient (Wildman–Crippen LogP) is 4.55. The Kier molecular flexibility index (Phi) is 10.3. The van der Waals surface area contributed by atoms with Gasteiger partial charge in [0.1, 0.15) is 12.3 Å². The van der Waals surface area contributed by atoms with Gasteiger partial charge in [-0.3, -0.25) is 13.9 Å². The minimum atomic E-state index is -4.14. The van der Waals surface area contributed by atoms with Crippen molar-refractivity contribution in [2.45, 2.75) is 31.7 Å². The first kappa shape index (κ1) is 29.9. The smallest absolute Gasteiger partial charge is 0.264 e. The van der Waals surface area contributed by atoms with Crippen LogP contribution in [0.2, 0.25) is 10.0 Å². The van der Waals surface area contributed by atoms with E-state index in [9.17, 15) is 18.0 Å². The first-order chi connectivity index (χ1) is 18.4. The zero-order valence-corrected chi connectivity index (χ0v) is 23.8. The number of nitrogens with zero attached hydrogens (tertiary/aromatic N) is 2. The van der Waals surface area contributed by atoms with Gasteiger partial charge in [-0.2, -0.15) is 5.10 Å². The molecule has 206 valence electrons. The monoisotopic (exact) mass is 590 g/mol. The fourth-order valence-electron chi connectivity index (χ4n) is 3.34. The minimum Gasteiger partial charge on any atom is -0.484 e. The van der Waals surface area contributed by atoms with Gasteiger partial charge in [-0.1, -0.05) is 40.9 Å². The van der Waals surface area contributed by atoms with Gasteiger partial charge in [0.05, 0.1) is 16.8 Å². The Morgan fingerprint density at radius 3 is 2.18 bits per heavy atom. The number of halogens is 2. The van der Waals surface area contributed by atoms with Crippen molar-refractivity contribution >= 4 is 56.9 Å². The molecule has 0 atom stereocenters. The number of hydrazone groups is 1. The van der Waals surface area contributed by atoms with E-state index >= 15 is 0 Å². The Morgan fingerprint density at radius 2 is 1.59 bits per heavy atom. The van der Waals surface area contributed by atoms with Crippen molar-refractivity contribution in [2.24, 2.45) is 5.10 Å². The first-order valence-corrected chi connectivity index (χ1v) is 14.0. The van der Waals surface area contributed by atoms with Gasteiger partial charge in [-0.15, -0.1) is 0 Å². The summed E-state index contributed by atoms with van der Waals surface area (Å²) in [7, 11) is -4.14. The van der Waals surface area contributed by atoms with E-state index < -0.39 is 22.5 Å². The topological polar surface area (TPSA) is 117 Å². The van der Waals surface area contributed by atoms with Crippen LogP contribution < -0.4 is 19.8 Å². The zero-order chi connectivity index (χ0) is 28.6. The molecule has 39 heavy (non-hydrogen) atoms. The second kappa shape index (κ2) is 13.5. The molecule has 9 nitrogen and oxygen atoms in total. The molecule has 0 aromatic heterocycles. The Bertz CT molecular complexity index is 1420. The quantitative estimate of drug-likeness (QED) is 0.251. The number of rotatable bonds is 11. The van der Waals surface area contributed by atoms with Crippen LogP contribution in [-0.4, -0.2) is 45.6 Å². The summed E-state index contributed by atoms with van der Waals surface area (Å²) in [5.41, 5.74) is 3.99. The molecule has 0 bridgehead atoms. The van der Waals surface area contributed by atoms with Gasteiger partial charge in [0, 0.05) is 16.1 Å². The van der Waals surface area contributed by atoms with Gasteiger partial charge >= 0.3 is 0 Å². The second-order valence-electron chi connectivity index (χ2n) is 8.83. The molecule has 0 aliphatic rings. The third-order valence-corrected chi connectivity index (χ3v) is 7.36. The van der Waals surface area contributed by atoms with E-state index in [0.29, 0.717) is 11.3 Å². The van der Waals surface area contributed by atoms with Crippen molar-refractivity contribution in [2.75, 3.05) is 17.5 Å². The Morgan fingerprint density at radius 1 is 0.974 bits per heavy atom. The predicted molar refractivity (Wildman–Crippen MR) is 153 cm³/mol. The largest absolute Gasteiger partial charge is 0.484 e. The summed E-state index contributed by atoms with van der Waals surface area (Å²) >= 11 is 12.2. The number of sulfonamides is 1. The molecule has 0 spiro atoms. The lowest BCUT2D eigenvalue weighted by molar-refractivity contribution is -0.123. The lowest BCUT2D eigenvalue weighted by Gasteiger charge is -2.24. The SMILES string of the molecule is Cc1ccc(S(=O)(=O)N(CC(=O)N/N=C\c2ccc(OCC(=O)NC(C)C)cc2)c2cc(Cl)cc(Cl)c2)cc1. The molecule has 0 aliphatic carbocycles. The van der Waals surface area contributed by atoms with Gasteiger partial charge in [0.25, 0.3) is 21.8 Å². The number of hydrogen-bond donors (Lipinski definition) is 2. The van der Waals surface area contributed by atoms with Crippen molar-refractivity contribution in [3.8, 4) is 5.75 Å². The maximum absolute atomic E-state index is 13.5. The summed E-state index contributed by atoms with van der Waals surface area (Å²) < 4.78 is 33.3. The van der Waals surface area contributed by atoms with Gasteiger partial charge in [0.2, 0.25) is 0 Å². The average Bonchev–Trinajstić information content (AvgIpc) is 2.86. The first-order valence-electron chi connectivity index (χ1n) is 11.8. The number of anilines is 1. The number of benzene rings is 3. The van der Waals surface area contributed by atoms with Crippen LogP contribution in [0.15, 0.2) is 76.7 Å². The van der Waals surface area contributed by atoms with Crippen molar-refractivity contribution < 1.29 is 22.7 Å². The molecule has 12 heteroatoms. The van der Waals surface area contributed by atoms with E-state index in [1.807, 2.05) is 20.8 Å². The maximum Gasteiger partial charge on any atom is 0.264 e. The molecule has 0 saturated heterocycles. The molecule has 3 aromatic rings. The molecular formula is C27H28Cl2N4O5S. The van der Waals surface area contributed by atoms with Crippen LogP contribution in [0, 0.1) is 6.92 Å². The normalized spacial score (nSPS) is 11.4. The minimum absolute atomic E-state index is 0.00416. The van der Waals surface area contributed by atoms with Gasteiger partial charge in [-0.05, 0) is 80.9 Å². The summed E-state index contributed by atoms with van der Waals surface area (Å²) in [4.78, 5) is 24.5. The highest BCUT2D eigenvalue weighted by Crippen LogP contribution is 2.29. The van der Waals surface area contributed by atoms with E-state index in [0.717, 1.165) is 9.87 Å². The summed E-state index contributed by atoms with van der Waals surface area (Å²) in [6, 6.07) is 17.2. The Labute approximate surface area is 237 Å². The number of carbonyl (C=O) groups excluding carboxylic acids is 2. The molecule has 2 amide bonds. The molecule has 2 N–H and O–H groups in total. The summed E-state index contributed by atoms with van der Waals surface area (Å²) in [6.07, 6.45) is 1.39. The van der Waals surface area contributed by atoms with Crippen molar-refractivity contribution in [1.82, 2.24) is 10.7 Å². The number of carbonyl (C=O) groups is 2. The van der Waals surface area contributed by atoms with E-state index in [-0.39, 0.29) is 39.2 Å². The molecule has 0 saturated carbocycles. The third-order valence-electron chi connectivity index (χ3n) is 5.13. The fraction of sp³-hybridized carbons (Fsp3) is 0.222. The second-order valence-corrected chi connectivity index (χ2v) is 11.6. The summed E-state index contributed by atoms with van der Waals surface area (Å²) in [5, 5.41) is 7.09. The lowest BCUT2D eigenvalue weighted by Crippen LogP contribution is -2.39. The Hall–Kier alpha value is -3.60. The van der Waals surface area contributed by atoms with E-state index in [1.54, 1.807) is 36.4 Å². The van der Waals surface area contributed by atoms with Crippen molar-refractivity contribution in [3.63, 3.8) is 0 Å². The van der Waals surface area contributed by atoms with Crippen molar-refractivity contribution in [1.29, 1.82) is 0 Å². The van der Waals surface area contributed by atoms with Crippen molar-refractivity contribution in [3.05, 3.63) is 87.9 Å². The molecule has 0 fully saturated rings. The standard InChI is InChI=1S/C27H28Cl2N4O5S/c1-18(2)31-27(35)17-38-24-8-6-20(7-9-24)15-30-32-26(34)16-33(23-13-21(28)12-22(29)14-23)39(36,37)25-10-4-19(3)5-11-25/h4-15,18H,16-17H2,1-3H3,(H,31,35)(H,32,34)/b30-15-. The van der Waals surface area contributed by atoms with E-state index in [1.165, 1.54) is 36.5 Å². The van der Waals surface area contributed by atoms with Gasteiger partial charge in [-0.25, -0.2) is 13.8 Å². The van der Waals surface area contributed by atoms with Crippen LogP contribution in [0.3, 0.4) is 0 Å². The van der Waals surface area contributed by atoms with Crippen LogP contribution in [0.4, 0.5) is 5.69 Å². The molecule has 3 rings (SSSR count). The highest BCUT2D eigenvalue weighted by molar-refractivity contribution is 7.92. The molecular weight excluding hydrogens is 563 g/mol. The summed E-state index contributed by atoms with van der Waals surface area (Å²) in [6.45, 7) is 4.87. The van der Waals surface area contributed by atoms with Crippen LogP contribution >= 0.6 is 23.2 Å². The van der Waals surface area contributed by atoms with Crippen LogP contribution in [0.25, 0.3) is 0 Å². The number of hydrogen-bond acceptors (Lipinski definition) is 6. The van der Waals surface area contributed by atoms with Crippen LogP contribution in [0.5, 0.6) is 5.75 Å². The molecule has 0 radical (unpaired) electrons. The number of nitrogens with one attached hydrogen (secondary N) is 2. The van der Waals surface area contributed by atoms with E-state index in [4.69, 9.17) is 27.9 Å². The zero-order valence-electron chi connectivity index (χ0n) is 21.5. The molecule has 0 heterocycles. The maximum atomic E-state index is 13.5. The molecule has 0 unspecified atom stereocenters. The highest BCUT2D eigenvalue weighted by Gasteiger charge is 2.27. The summed E-state index contributed by atoms with van der Waals surface area (Å²) in [5.74, 6) is -0.418. The fourth-order valence-corrected chi connectivity index (χ4v) is 5.26. The van der Waals surface area contributed by atoms with Gasteiger partial charge in [0.15, 0.2) is 6.61 Å². The number of aryl methyl sites for hydroxylation is 1. The van der Waals surface area contributed by atoms with Crippen LogP contribution in [-0.2, 0) is 19.6 Å². The third kappa shape index (κ3) is 8.98. The number of amides is 2. The van der Waals surface area contributed by atoms with E-state index in [2.05, 4.69) is 15.8 Å². The van der Waals surface area contributed by atoms with Crippen LogP contribution in [0.1, 0.15) is 25.0 Å². The highest BCUT2D eigenvalue weighted by atomic mass is 35.5. The molecule has 3 aromatic carbocycles. The average molecular weight is 592 g/mol. The Balaban J connectivity index is 1.69. The number of ether oxygens (including phenoxy) is 1. The van der Waals surface area contributed by atoms with Gasteiger partial charge < -0.3 is 10.1 Å². The molecule has 0 aliphatic heterocycles.